The number of imide groups is 1. The Morgan fingerprint density at radius 1 is 0.886 bits per heavy atom. The summed E-state index contributed by atoms with van der Waals surface area (Å²) in [7, 11) is 0. The van der Waals surface area contributed by atoms with Gasteiger partial charge in [0.05, 0.1) is 11.4 Å². The van der Waals surface area contributed by atoms with E-state index in [2.05, 4.69) is 11.1 Å². The molecule has 0 bridgehead atoms. The Kier molecular flexibility index (Phi) is 8.97. The van der Waals surface area contributed by atoms with Gasteiger partial charge in [-0.25, -0.2) is 19.4 Å². The molecule has 0 aliphatic carbocycles. The minimum absolute atomic E-state index is 0.128. The Labute approximate surface area is 257 Å². The molecular formula is C32H40N4O8. The van der Waals surface area contributed by atoms with Crippen molar-refractivity contribution < 1.29 is 38.4 Å². The monoisotopic (exact) mass is 608 g/mol. The topological polar surface area (TPSA) is 153 Å². The van der Waals surface area contributed by atoms with Gasteiger partial charge in [-0.15, -0.1) is 0 Å². The molecule has 12 heteroatoms. The SMILES string of the molecule is Cc1ccc(OC(=O)OC(C)(C)C)c(C)c1-n1c(N(C(=O)OC(C)(C)C)C(=O)OC(C)(C)C)c(C#N)c2cc(O)c(C)nc21. The molecule has 2 aromatic heterocycles. The fraction of sp³-hybridized carbons (Fsp3) is 0.469. The van der Waals surface area contributed by atoms with Gasteiger partial charge in [0.25, 0.3) is 0 Å². The largest absolute Gasteiger partial charge is 0.514 e. The highest BCUT2D eigenvalue weighted by atomic mass is 16.7. The van der Waals surface area contributed by atoms with Crippen LogP contribution in [0.15, 0.2) is 18.2 Å². The first-order chi connectivity index (χ1) is 20.0. The number of nitrogens with zero attached hydrogens (tertiary/aromatic N) is 4. The van der Waals surface area contributed by atoms with Crippen LogP contribution in [-0.2, 0) is 14.2 Å². The highest BCUT2D eigenvalue weighted by Gasteiger charge is 2.39. The number of ether oxygens (including phenoxy) is 4. The van der Waals surface area contributed by atoms with E-state index in [0.29, 0.717) is 21.7 Å². The molecule has 3 rings (SSSR count). The van der Waals surface area contributed by atoms with Crippen LogP contribution in [0.25, 0.3) is 16.7 Å². The van der Waals surface area contributed by atoms with Gasteiger partial charge in [0, 0.05) is 10.9 Å². The van der Waals surface area contributed by atoms with E-state index in [0.717, 1.165) is 0 Å². The lowest BCUT2D eigenvalue weighted by Crippen LogP contribution is -2.45. The van der Waals surface area contributed by atoms with E-state index in [1.54, 1.807) is 95.2 Å². The molecule has 2 amide bonds. The Bertz CT molecular complexity index is 1650. The smallest absolute Gasteiger partial charge is 0.506 e. The van der Waals surface area contributed by atoms with Crippen molar-refractivity contribution in [2.75, 3.05) is 4.90 Å². The van der Waals surface area contributed by atoms with E-state index < -0.39 is 35.1 Å². The van der Waals surface area contributed by atoms with Crippen LogP contribution in [0.1, 0.15) is 84.7 Å². The van der Waals surface area contributed by atoms with Gasteiger partial charge in [-0.3, -0.25) is 4.57 Å². The summed E-state index contributed by atoms with van der Waals surface area (Å²) < 4.78 is 23.5. The zero-order valence-electron chi connectivity index (χ0n) is 27.3. The lowest BCUT2D eigenvalue weighted by molar-refractivity contribution is 0.0203. The average molecular weight is 609 g/mol. The molecule has 0 aliphatic heterocycles. The number of fused-ring (bicyclic) bond motifs is 1. The van der Waals surface area contributed by atoms with Crippen LogP contribution in [0.4, 0.5) is 20.2 Å². The van der Waals surface area contributed by atoms with Gasteiger partial charge in [0.15, 0.2) is 5.82 Å². The third-order valence-electron chi connectivity index (χ3n) is 5.95. The number of benzene rings is 1. The number of hydrogen-bond donors (Lipinski definition) is 1. The molecule has 3 aromatic rings. The standard InChI is InChI=1S/C32H40N4O8/c1-17-13-14-23(41-29(40)44-32(10,11)12)18(2)24(17)35-25-20(15-22(37)19(3)34-25)21(16-33)26(35)36(27(38)42-30(4,5)6)28(39)43-31(7,8)9/h13-15,37H,1-12H3. The predicted octanol–water partition coefficient (Wildman–Crippen LogP) is 7.52. The van der Waals surface area contributed by atoms with Crippen LogP contribution in [0, 0.1) is 32.1 Å². The predicted molar refractivity (Wildman–Crippen MR) is 163 cm³/mol. The number of aromatic nitrogens is 2. The Balaban J connectivity index is 2.49. The number of nitriles is 1. The van der Waals surface area contributed by atoms with Gasteiger partial charge in [-0.1, -0.05) is 6.07 Å². The lowest BCUT2D eigenvalue weighted by atomic mass is 10.1. The summed E-state index contributed by atoms with van der Waals surface area (Å²) in [6.45, 7) is 19.9. The summed E-state index contributed by atoms with van der Waals surface area (Å²) in [6, 6.07) is 6.66. The molecule has 236 valence electrons. The van der Waals surface area contributed by atoms with Crippen molar-refractivity contribution in [2.24, 2.45) is 0 Å². The molecule has 12 nitrogen and oxygen atoms in total. The highest BCUT2D eigenvalue weighted by molar-refractivity contribution is 6.13. The van der Waals surface area contributed by atoms with Gasteiger partial charge >= 0.3 is 18.3 Å². The minimum Gasteiger partial charge on any atom is -0.506 e. The van der Waals surface area contributed by atoms with Crippen molar-refractivity contribution in [1.82, 2.24) is 9.55 Å². The molecule has 1 aromatic carbocycles. The van der Waals surface area contributed by atoms with Crippen molar-refractivity contribution in [3.8, 4) is 23.3 Å². The third kappa shape index (κ3) is 7.40. The summed E-state index contributed by atoms with van der Waals surface area (Å²) in [5.41, 5.74) is -1.29. The van der Waals surface area contributed by atoms with Crippen molar-refractivity contribution in [3.63, 3.8) is 0 Å². The third-order valence-corrected chi connectivity index (χ3v) is 5.95. The van der Waals surface area contributed by atoms with Crippen LogP contribution >= 0.6 is 0 Å². The van der Waals surface area contributed by atoms with E-state index in [1.165, 1.54) is 10.6 Å². The van der Waals surface area contributed by atoms with Crippen molar-refractivity contribution in [2.45, 2.75) is 99.9 Å². The van der Waals surface area contributed by atoms with E-state index >= 15 is 0 Å². The van der Waals surface area contributed by atoms with Crippen LogP contribution < -0.4 is 9.64 Å². The van der Waals surface area contributed by atoms with Crippen molar-refractivity contribution in [1.29, 1.82) is 5.26 Å². The summed E-state index contributed by atoms with van der Waals surface area (Å²) in [5, 5.41) is 21.2. The summed E-state index contributed by atoms with van der Waals surface area (Å²) in [5.74, 6) is -0.305. The zero-order chi connectivity index (χ0) is 33.5. The number of aryl methyl sites for hydroxylation is 2. The maximum absolute atomic E-state index is 13.8. The first-order valence-electron chi connectivity index (χ1n) is 14.0. The van der Waals surface area contributed by atoms with E-state index in [-0.39, 0.29) is 39.6 Å². The second kappa shape index (κ2) is 11.7. The van der Waals surface area contributed by atoms with E-state index in [4.69, 9.17) is 18.9 Å². The fourth-order valence-electron chi connectivity index (χ4n) is 4.30. The first-order valence-corrected chi connectivity index (χ1v) is 14.0. The highest BCUT2D eigenvalue weighted by Crippen LogP contribution is 2.41. The number of hydrogen-bond acceptors (Lipinski definition) is 10. The molecule has 0 saturated carbocycles. The van der Waals surface area contributed by atoms with Gasteiger partial charge in [0.2, 0.25) is 0 Å². The number of rotatable bonds is 3. The van der Waals surface area contributed by atoms with Crippen LogP contribution in [-0.4, -0.2) is 49.8 Å². The maximum atomic E-state index is 13.8. The van der Waals surface area contributed by atoms with Crippen molar-refractivity contribution in [3.05, 3.63) is 40.6 Å². The number of pyridine rings is 1. The number of anilines is 1. The number of amides is 2. The number of aromatic hydroxyl groups is 1. The molecule has 0 radical (unpaired) electrons. The van der Waals surface area contributed by atoms with Crippen LogP contribution in [0.2, 0.25) is 0 Å². The molecule has 44 heavy (non-hydrogen) atoms. The first kappa shape index (κ1) is 33.7. The Morgan fingerprint density at radius 3 is 1.89 bits per heavy atom. The Morgan fingerprint density at radius 2 is 1.41 bits per heavy atom. The molecule has 0 atom stereocenters. The number of carbonyl (C=O) groups excluding carboxylic acids is 3. The second-order valence-electron chi connectivity index (χ2n) is 13.3. The molecule has 2 heterocycles. The fourth-order valence-corrected chi connectivity index (χ4v) is 4.30. The molecule has 0 unspecified atom stereocenters. The molecule has 0 spiro atoms. The van der Waals surface area contributed by atoms with E-state index in [9.17, 15) is 24.8 Å². The van der Waals surface area contributed by atoms with Crippen LogP contribution in [0.3, 0.4) is 0 Å². The maximum Gasteiger partial charge on any atom is 0.514 e. The molecule has 1 N–H and O–H groups in total. The summed E-state index contributed by atoms with van der Waals surface area (Å²) >= 11 is 0. The molecule has 0 aliphatic rings. The quantitative estimate of drug-likeness (QED) is 0.179. The number of carbonyl (C=O) groups is 3. The van der Waals surface area contributed by atoms with Gasteiger partial charge in [0.1, 0.15) is 45.6 Å². The van der Waals surface area contributed by atoms with Gasteiger partial charge < -0.3 is 24.1 Å². The van der Waals surface area contributed by atoms with Crippen molar-refractivity contribution >= 4 is 35.2 Å². The minimum atomic E-state index is -1.11. The normalized spacial score (nSPS) is 12.0. The molecular weight excluding hydrogens is 568 g/mol. The molecule has 0 fully saturated rings. The second-order valence-corrected chi connectivity index (χ2v) is 13.3. The summed E-state index contributed by atoms with van der Waals surface area (Å²) in [6.07, 6.45) is -3.15. The van der Waals surface area contributed by atoms with Gasteiger partial charge in [-0.05, 0) is 101 Å². The average Bonchev–Trinajstić information content (AvgIpc) is 3.10. The zero-order valence-corrected chi connectivity index (χ0v) is 27.3. The van der Waals surface area contributed by atoms with Gasteiger partial charge in [-0.2, -0.15) is 10.2 Å². The summed E-state index contributed by atoms with van der Waals surface area (Å²) in [4.78, 5) is 45.4. The van der Waals surface area contributed by atoms with E-state index in [1.807, 2.05) is 0 Å². The molecule has 0 saturated heterocycles. The Hall–Kier alpha value is -4.79. The van der Waals surface area contributed by atoms with Crippen LogP contribution in [0.5, 0.6) is 11.5 Å². The lowest BCUT2D eigenvalue weighted by Gasteiger charge is -2.29.